The van der Waals surface area contributed by atoms with Crippen LogP contribution in [0.5, 0.6) is 0 Å². The van der Waals surface area contributed by atoms with E-state index in [2.05, 4.69) is 4.98 Å². The molecule has 3 rings (SSSR count). The summed E-state index contributed by atoms with van der Waals surface area (Å²) in [6.45, 7) is 3.50. The average Bonchev–Trinajstić information content (AvgIpc) is 2.85. The third-order valence-electron chi connectivity index (χ3n) is 3.49. The number of pyridine rings is 1. The molecule has 4 heteroatoms. The third kappa shape index (κ3) is 1.98. The largest absolute Gasteiger partial charge is 0.457 e. The summed E-state index contributed by atoms with van der Waals surface area (Å²) < 4.78 is 19.0. The molecule has 0 spiro atoms. The third-order valence-corrected chi connectivity index (χ3v) is 3.49. The highest BCUT2D eigenvalue weighted by molar-refractivity contribution is 5.81. The molecule has 102 valence electrons. The standard InChI is InChI=1S/C16H14FNO2/c1-10-4-3-5-11-6-14(20-15(10)11)16(2,19)12-7-13(17)9-18-8-12/h3-9,19H,1-2H3. The maximum atomic E-state index is 13.3. The van der Waals surface area contributed by atoms with Gasteiger partial charge >= 0.3 is 0 Å². The topological polar surface area (TPSA) is 46.3 Å². The van der Waals surface area contributed by atoms with Crippen LogP contribution in [0.3, 0.4) is 0 Å². The first-order chi connectivity index (χ1) is 9.48. The van der Waals surface area contributed by atoms with E-state index in [0.717, 1.165) is 22.7 Å². The number of rotatable bonds is 2. The van der Waals surface area contributed by atoms with E-state index in [1.165, 1.54) is 12.3 Å². The second-order valence-corrected chi connectivity index (χ2v) is 5.07. The second-order valence-electron chi connectivity index (χ2n) is 5.07. The lowest BCUT2D eigenvalue weighted by molar-refractivity contribution is 0.0779. The maximum Gasteiger partial charge on any atom is 0.146 e. The average molecular weight is 271 g/mol. The Kier molecular flexibility index (Phi) is 2.83. The van der Waals surface area contributed by atoms with Gasteiger partial charge in [0.15, 0.2) is 0 Å². The van der Waals surface area contributed by atoms with Crippen LogP contribution >= 0.6 is 0 Å². The molecule has 1 unspecified atom stereocenters. The molecule has 0 bridgehead atoms. The van der Waals surface area contributed by atoms with Gasteiger partial charge in [0.25, 0.3) is 0 Å². The van der Waals surface area contributed by atoms with Crippen LogP contribution in [0.25, 0.3) is 11.0 Å². The zero-order valence-electron chi connectivity index (χ0n) is 11.2. The van der Waals surface area contributed by atoms with E-state index < -0.39 is 11.4 Å². The monoisotopic (exact) mass is 271 g/mol. The Bertz CT molecular complexity index is 777. The smallest absolute Gasteiger partial charge is 0.146 e. The van der Waals surface area contributed by atoms with E-state index in [4.69, 9.17) is 4.42 Å². The first kappa shape index (κ1) is 12.8. The number of aliphatic hydroxyl groups is 1. The normalized spacial score (nSPS) is 14.4. The van der Waals surface area contributed by atoms with Gasteiger partial charge in [0.2, 0.25) is 0 Å². The Morgan fingerprint density at radius 1 is 1.25 bits per heavy atom. The number of furan rings is 1. The summed E-state index contributed by atoms with van der Waals surface area (Å²) in [4.78, 5) is 3.77. The van der Waals surface area contributed by atoms with Crippen molar-refractivity contribution in [1.29, 1.82) is 0 Å². The highest BCUT2D eigenvalue weighted by Gasteiger charge is 2.30. The molecular weight excluding hydrogens is 257 g/mol. The molecule has 2 aromatic heterocycles. The summed E-state index contributed by atoms with van der Waals surface area (Å²) >= 11 is 0. The molecule has 2 heterocycles. The van der Waals surface area contributed by atoms with Gasteiger partial charge in [0, 0.05) is 17.1 Å². The molecule has 0 aliphatic heterocycles. The molecule has 20 heavy (non-hydrogen) atoms. The fourth-order valence-electron chi connectivity index (χ4n) is 2.27. The molecule has 1 N–H and O–H groups in total. The Morgan fingerprint density at radius 3 is 2.75 bits per heavy atom. The SMILES string of the molecule is Cc1cccc2cc(C(C)(O)c3cncc(F)c3)oc12. The van der Waals surface area contributed by atoms with Crippen LogP contribution in [-0.4, -0.2) is 10.1 Å². The molecule has 0 aliphatic carbocycles. The number of para-hydroxylation sites is 1. The highest BCUT2D eigenvalue weighted by atomic mass is 19.1. The summed E-state index contributed by atoms with van der Waals surface area (Å²) in [5.74, 6) is -0.121. The van der Waals surface area contributed by atoms with Crippen LogP contribution in [-0.2, 0) is 5.60 Å². The van der Waals surface area contributed by atoms with Crippen LogP contribution in [0.4, 0.5) is 4.39 Å². The zero-order valence-corrected chi connectivity index (χ0v) is 11.2. The van der Waals surface area contributed by atoms with Gasteiger partial charge in [-0.3, -0.25) is 4.98 Å². The van der Waals surface area contributed by atoms with Crippen molar-refractivity contribution in [2.45, 2.75) is 19.4 Å². The van der Waals surface area contributed by atoms with E-state index >= 15 is 0 Å². The summed E-state index contributed by atoms with van der Waals surface area (Å²) in [5.41, 5.74) is 0.642. The predicted octanol–water partition coefficient (Wildman–Crippen LogP) is 3.53. The van der Waals surface area contributed by atoms with Gasteiger partial charge < -0.3 is 9.52 Å². The molecule has 0 aliphatic rings. The number of hydrogen-bond donors (Lipinski definition) is 1. The van der Waals surface area contributed by atoms with Crippen LogP contribution in [0.2, 0.25) is 0 Å². The van der Waals surface area contributed by atoms with Crippen LogP contribution in [0, 0.1) is 12.7 Å². The van der Waals surface area contributed by atoms with Gasteiger partial charge in [-0.05, 0) is 31.5 Å². The van der Waals surface area contributed by atoms with Gasteiger partial charge in [-0.2, -0.15) is 0 Å². The van der Waals surface area contributed by atoms with E-state index in [0.29, 0.717) is 11.3 Å². The Morgan fingerprint density at radius 2 is 2.05 bits per heavy atom. The molecule has 1 aromatic carbocycles. The fraction of sp³-hybridized carbons (Fsp3) is 0.188. The summed E-state index contributed by atoms with van der Waals surface area (Å²) in [7, 11) is 0. The number of aromatic nitrogens is 1. The quantitative estimate of drug-likeness (QED) is 0.775. The van der Waals surface area contributed by atoms with Crippen molar-refractivity contribution >= 4 is 11.0 Å². The molecule has 3 aromatic rings. The first-order valence-electron chi connectivity index (χ1n) is 6.31. The van der Waals surface area contributed by atoms with Gasteiger partial charge in [-0.25, -0.2) is 4.39 Å². The van der Waals surface area contributed by atoms with Crippen molar-refractivity contribution in [2.24, 2.45) is 0 Å². The Balaban J connectivity index is 2.16. The van der Waals surface area contributed by atoms with E-state index in [1.54, 1.807) is 13.0 Å². The molecule has 0 fully saturated rings. The minimum absolute atomic E-state index is 0.356. The number of hydrogen-bond acceptors (Lipinski definition) is 3. The summed E-state index contributed by atoms with van der Waals surface area (Å²) in [6.07, 6.45) is 2.53. The zero-order chi connectivity index (χ0) is 14.3. The minimum atomic E-state index is -1.43. The number of halogens is 1. The molecule has 1 atom stereocenters. The van der Waals surface area contributed by atoms with Crippen LogP contribution in [0.15, 0.2) is 47.1 Å². The highest BCUT2D eigenvalue weighted by Crippen LogP contribution is 2.34. The fourth-order valence-corrected chi connectivity index (χ4v) is 2.27. The van der Waals surface area contributed by atoms with E-state index in [9.17, 15) is 9.50 Å². The number of nitrogens with zero attached hydrogens (tertiary/aromatic N) is 1. The van der Waals surface area contributed by atoms with Crippen molar-refractivity contribution in [1.82, 2.24) is 4.98 Å². The summed E-state index contributed by atoms with van der Waals surface area (Å²) in [6, 6.07) is 8.80. The number of benzene rings is 1. The molecule has 0 amide bonds. The number of aryl methyl sites for hydroxylation is 1. The molecule has 0 saturated heterocycles. The lowest BCUT2D eigenvalue weighted by atomic mass is 9.94. The van der Waals surface area contributed by atoms with Gasteiger partial charge in [0.1, 0.15) is 22.8 Å². The van der Waals surface area contributed by atoms with Crippen molar-refractivity contribution in [3.63, 3.8) is 0 Å². The lowest BCUT2D eigenvalue weighted by Gasteiger charge is -2.20. The van der Waals surface area contributed by atoms with E-state index in [1.807, 2.05) is 25.1 Å². The molecule has 0 saturated carbocycles. The predicted molar refractivity (Wildman–Crippen MR) is 73.8 cm³/mol. The van der Waals surface area contributed by atoms with Crippen LogP contribution < -0.4 is 0 Å². The first-order valence-corrected chi connectivity index (χ1v) is 6.31. The lowest BCUT2D eigenvalue weighted by Crippen LogP contribution is -2.22. The maximum absolute atomic E-state index is 13.3. The number of fused-ring (bicyclic) bond motifs is 1. The summed E-state index contributed by atoms with van der Waals surface area (Å²) in [5, 5.41) is 11.6. The molecule has 3 nitrogen and oxygen atoms in total. The van der Waals surface area contributed by atoms with Crippen molar-refractivity contribution in [3.8, 4) is 0 Å². The van der Waals surface area contributed by atoms with Crippen LogP contribution in [0.1, 0.15) is 23.8 Å². The van der Waals surface area contributed by atoms with Gasteiger partial charge in [0.05, 0.1) is 6.20 Å². The molecular formula is C16H14FNO2. The second kappa shape index (κ2) is 4.42. The van der Waals surface area contributed by atoms with E-state index in [-0.39, 0.29) is 0 Å². The van der Waals surface area contributed by atoms with Crippen molar-refractivity contribution in [3.05, 3.63) is 65.4 Å². The van der Waals surface area contributed by atoms with Crippen molar-refractivity contribution in [2.75, 3.05) is 0 Å². The minimum Gasteiger partial charge on any atom is -0.457 e. The van der Waals surface area contributed by atoms with Crippen molar-refractivity contribution < 1.29 is 13.9 Å². The van der Waals surface area contributed by atoms with Gasteiger partial charge in [-0.15, -0.1) is 0 Å². The van der Waals surface area contributed by atoms with Gasteiger partial charge in [-0.1, -0.05) is 18.2 Å². The Hall–Kier alpha value is -2.20. The molecule has 0 radical (unpaired) electrons. The Labute approximate surface area is 115 Å².